The predicted molar refractivity (Wildman–Crippen MR) is 316 cm³/mol. The molecule has 382 valence electrons. The van der Waals surface area contributed by atoms with Crippen molar-refractivity contribution in [1.82, 2.24) is 14.1 Å². The number of pyridine rings is 1. The van der Waals surface area contributed by atoms with Crippen molar-refractivity contribution >= 4 is 54.8 Å². The number of rotatable bonds is 6. The molecule has 0 saturated heterocycles. The number of para-hydroxylation sites is 4. The van der Waals surface area contributed by atoms with Crippen LogP contribution in [0.1, 0.15) is 45.7 Å². The van der Waals surface area contributed by atoms with Gasteiger partial charge in [-0.3, -0.25) is 4.57 Å². The number of ether oxygens (including phenoxy) is 1. The van der Waals surface area contributed by atoms with E-state index in [2.05, 4.69) is 129 Å². The van der Waals surface area contributed by atoms with E-state index in [1.165, 1.54) is 18.2 Å². The fourth-order valence-electron chi connectivity index (χ4n) is 11.7. The van der Waals surface area contributed by atoms with Gasteiger partial charge in [0.1, 0.15) is 17.0 Å². The Balaban J connectivity index is 0.00000640. The van der Waals surface area contributed by atoms with Crippen molar-refractivity contribution in [3.05, 3.63) is 248 Å². The smallest absolute Gasteiger partial charge is 0.268 e. The second-order valence-corrected chi connectivity index (χ2v) is 21.1. The Kier molecular flexibility index (Phi) is 9.86. The maximum Gasteiger partial charge on any atom is 0.268 e. The third kappa shape index (κ3) is 7.80. The Labute approximate surface area is 481 Å². The number of furan rings is 1. The molecule has 6 nitrogen and oxygen atoms in total. The largest absolute Gasteiger partial charge is 0.510 e. The minimum atomic E-state index is -2.69. The van der Waals surface area contributed by atoms with E-state index in [0.29, 0.717) is 28.4 Å². The van der Waals surface area contributed by atoms with Crippen LogP contribution in [-0.4, -0.2) is 14.1 Å². The normalized spacial score (nSPS) is 13.5. The summed E-state index contributed by atoms with van der Waals surface area (Å²) in [6.07, 6.45) is 5.64. The van der Waals surface area contributed by atoms with Crippen LogP contribution in [0.15, 0.2) is 217 Å². The van der Waals surface area contributed by atoms with Crippen LogP contribution in [0.25, 0.3) is 128 Å². The fraction of sp³-hybridized carbons (Fsp3) is 0.0833. The Morgan fingerprint density at radius 1 is 0.532 bits per heavy atom. The SMILES string of the molecule is [2H]C([2H])([2H])c1cccc(C([2H])([2H])[2H])c1-c1cccc2c1-[n+]1[c-]n(-c3[c-]c(Oc4[c-]c5c(cc4)c4ccccc4n5-c4cc(C(C)(C)C)ccn4)ccc3)c3cccc(c31)-c1ccccc1-c1ccc(-c3ccc4oc5ccccc5c4c3)cc1-2.[Pt]. The molecule has 10 aromatic carbocycles. The number of nitrogens with zero attached hydrogens (tertiary/aromatic N) is 4. The molecular formula is C72H50N4O2Pt-2. The molecule has 1 aliphatic heterocycles. The summed E-state index contributed by atoms with van der Waals surface area (Å²) >= 11 is 0. The number of hydrogen-bond donors (Lipinski definition) is 0. The van der Waals surface area contributed by atoms with Gasteiger partial charge in [0.05, 0.1) is 16.7 Å². The van der Waals surface area contributed by atoms with E-state index in [1.807, 2.05) is 118 Å². The van der Waals surface area contributed by atoms with Gasteiger partial charge < -0.3 is 18.3 Å². The van der Waals surface area contributed by atoms with Crippen LogP contribution >= 0.6 is 0 Å². The molecule has 0 unspecified atom stereocenters. The van der Waals surface area contributed by atoms with E-state index in [-0.39, 0.29) is 43.2 Å². The summed E-state index contributed by atoms with van der Waals surface area (Å²) in [7, 11) is 0. The van der Waals surface area contributed by atoms with Crippen LogP contribution in [0, 0.1) is 32.2 Å². The number of aromatic nitrogens is 4. The first kappa shape index (κ1) is 42.0. The van der Waals surface area contributed by atoms with Crippen LogP contribution < -0.4 is 9.30 Å². The maximum atomic E-state index is 8.94. The first-order chi connectivity index (χ1) is 40.5. The van der Waals surface area contributed by atoms with E-state index >= 15 is 0 Å². The monoisotopic (exact) mass is 1200 g/mol. The minimum Gasteiger partial charge on any atom is -0.510 e. The molecule has 0 N–H and O–H groups in total. The number of fused-ring (bicyclic) bond motifs is 13. The molecule has 7 heteroatoms. The van der Waals surface area contributed by atoms with Gasteiger partial charge in [0, 0.05) is 63.3 Å². The molecule has 15 rings (SSSR count). The van der Waals surface area contributed by atoms with Crippen molar-refractivity contribution in [2.45, 2.75) is 39.9 Å². The third-order valence-corrected chi connectivity index (χ3v) is 15.4. The van der Waals surface area contributed by atoms with Crippen molar-refractivity contribution < 1.29 is 43.0 Å². The number of imidazole rings is 1. The maximum absolute atomic E-state index is 8.94. The number of benzene rings is 10. The first-order valence-electron chi connectivity index (χ1n) is 29.1. The van der Waals surface area contributed by atoms with Crippen LogP contribution in [0.4, 0.5) is 0 Å². The topological polar surface area (TPSA) is 49.0 Å². The molecule has 0 spiro atoms. The van der Waals surface area contributed by atoms with Crippen LogP contribution in [-0.2, 0) is 26.5 Å². The molecule has 0 amide bonds. The van der Waals surface area contributed by atoms with E-state index in [4.69, 9.17) is 22.4 Å². The van der Waals surface area contributed by atoms with Gasteiger partial charge in [-0.15, -0.1) is 29.7 Å². The van der Waals surface area contributed by atoms with Crippen LogP contribution in [0.3, 0.4) is 0 Å². The molecule has 4 aromatic heterocycles. The molecule has 0 bridgehead atoms. The Bertz CT molecular complexity index is 5010. The molecule has 0 saturated carbocycles. The fourth-order valence-corrected chi connectivity index (χ4v) is 11.7. The van der Waals surface area contributed by atoms with Gasteiger partial charge in [-0.2, -0.15) is 18.2 Å². The van der Waals surface area contributed by atoms with E-state index < -0.39 is 13.7 Å². The molecule has 79 heavy (non-hydrogen) atoms. The van der Waals surface area contributed by atoms with Crippen LogP contribution in [0.5, 0.6) is 11.5 Å². The number of hydrogen-bond acceptors (Lipinski definition) is 3. The third-order valence-electron chi connectivity index (χ3n) is 15.4. The second kappa shape index (κ2) is 18.5. The van der Waals surface area contributed by atoms with Gasteiger partial charge in [0.25, 0.3) is 6.33 Å². The van der Waals surface area contributed by atoms with E-state index in [0.717, 1.165) is 111 Å². The summed E-state index contributed by atoms with van der Waals surface area (Å²) in [6.45, 7) is 1.21. The molecule has 1 aliphatic rings. The minimum absolute atomic E-state index is 0. The van der Waals surface area contributed by atoms with Gasteiger partial charge in [-0.25, -0.2) is 4.98 Å². The summed E-state index contributed by atoms with van der Waals surface area (Å²) in [6, 6.07) is 75.0. The number of aryl methyl sites for hydroxylation is 2. The van der Waals surface area contributed by atoms with Crippen molar-refractivity contribution in [2.24, 2.45) is 0 Å². The summed E-state index contributed by atoms with van der Waals surface area (Å²) in [5, 5.41) is 4.09. The van der Waals surface area contributed by atoms with Crippen molar-refractivity contribution in [2.75, 3.05) is 0 Å². The Morgan fingerprint density at radius 2 is 1.19 bits per heavy atom. The zero-order valence-electron chi connectivity index (χ0n) is 49.1. The van der Waals surface area contributed by atoms with Crippen LogP contribution in [0.2, 0.25) is 0 Å². The molecule has 0 aliphatic carbocycles. The Hall–Kier alpha value is -9.09. The molecule has 0 fully saturated rings. The zero-order valence-corrected chi connectivity index (χ0v) is 45.4. The quantitative estimate of drug-likeness (QED) is 0.123. The van der Waals surface area contributed by atoms with Gasteiger partial charge in [-0.1, -0.05) is 160 Å². The molecule has 14 aromatic rings. The average Bonchev–Trinajstić information content (AvgIpc) is 3.25. The Morgan fingerprint density at radius 3 is 2.04 bits per heavy atom. The molecule has 0 atom stereocenters. The van der Waals surface area contributed by atoms with Crippen molar-refractivity contribution in [3.63, 3.8) is 0 Å². The van der Waals surface area contributed by atoms with E-state index in [9.17, 15) is 0 Å². The standard InChI is InChI=1S/C72H50N4O2.Pt/c1-44-16-12-17-45(2)69(44)60-26-14-24-59-61-38-46(47-31-35-67-62(39-47)57-23-9-11-29-66(57)78-67)30-33-54(61)52-20-6-7-21-53(52)58-25-15-28-64-71(58)75(70(59)60)43-74(64)49-18-13-19-50(41-49)77-51-32-34-56-55-22-8-10-27-63(55)76(65(56)42-51)68-40-48(36-37-73-68)72(3,4)5;/h6-40H,1-5H3;/q-2;/i1D3,2D3;. The van der Waals surface area contributed by atoms with E-state index in [1.54, 1.807) is 0 Å². The van der Waals surface area contributed by atoms with Crippen molar-refractivity contribution in [3.8, 4) is 84.3 Å². The summed E-state index contributed by atoms with van der Waals surface area (Å²) in [5.41, 5.74) is 14.7. The molecular weight excluding hydrogens is 1150 g/mol. The zero-order chi connectivity index (χ0) is 57.4. The first-order valence-corrected chi connectivity index (χ1v) is 26.1. The van der Waals surface area contributed by atoms with Crippen molar-refractivity contribution in [1.29, 1.82) is 0 Å². The molecule has 5 heterocycles. The molecule has 0 radical (unpaired) electrons. The summed E-state index contributed by atoms with van der Waals surface area (Å²) < 4.78 is 72.7. The van der Waals surface area contributed by atoms with Gasteiger partial charge in [-0.05, 0) is 145 Å². The summed E-state index contributed by atoms with van der Waals surface area (Å²) in [5.74, 6) is 1.70. The van der Waals surface area contributed by atoms with Gasteiger partial charge in [0.15, 0.2) is 0 Å². The summed E-state index contributed by atoms with van der Waals surface area (Å²) in [4.78, 5) is 4.87. The predicted octanol–water partition coefficient (Wildman–Crippen LogP) is 18.1. The van der Waals surface area contributed by atoms with Gasteiger partial charge in [0.2, 0.25) is 0 Å². The van der Waals surface area contributed by atoms with Gasteiger partial charge >= 0.3 is 0 Å². The average molecular weight is 1200 g/mol. The second-order valence-electron chi connectivity index (χ2n) is 21.1.